The highest BCUT2D eigenvalue weighted by Gasteiger charge is 2.47. The number of aromatic nitrogens is 5. The number of alkyl halides is 3. The number of rotatable bonds is 4. The molecule has 0 spiro atoms. The topological polar surface area (TPSA) is 89.9 Å². The summed E-state index contributed by atoms with van der Waals surface area (Å²) in [6.07, 6.45) is -0.816. The van der Waals surface area contributed by atoms with Gasteiger partial charge in [-0.15, -0.1) is 0 Å². The van der Waals surface area contributed by atoms with Gasteiger partial charge >= 0.3 is 6.18 Å². The van der Waals surface area contributed by atoms with E-state index in [2.05, 4.69) is 20.2 Å². The van der Waals surface area contributed by atoms with Crippen LogP contribution in [0.5, 0.6) is 0 Å². The third-order valence-corrected chi connectivity index (χ3v) is 6.00. The molecule has 3 heterocycles. The zero-order chi connectivity index (χ0) is 24.3. The minimum absolute atomic E-state index is 0.0135. The molecule has 0 radical (unpaired) electrons. The Bertz CT molecular complexity index is 1340. The average Bonchev–Trinajstić information content (AvgIpc) is 3.37. The summed E-state index contributed by atoms with van der Waals surface area (Å²) < 4.78 is 63.6. The Morgan fingerprint density at radius 2 is 1.85 bits per heavy atom. The number of hydrogen-bond acceptors (Lipinski definition) is 6. The summed E-state index contributed by atoms with van der Waals surface area (Å²) >= 11 is 6.20. The van der Waals surface area contributed by atoms with Crippen molar-refractivity contribution in [1.29, 1.82) is 0 Å². The van der Waals surface area contributed by atoms with Gasteiger partial charge in [-0.05, 0) is 38.0 Å². The van der Waals surface area contributed by atoms with Crippen molar-refractivity contribution in [2.45, 2.75) is 37.6 Å². The van der Waals surface area contributed by atoms with E-state index < -0.39 is 34.9 Å². The van der Waals surface area contributed by atoms with Crippen LogP contribution in [-0.2, 0) is 6.18 Å². The van der Waals surface area contributed by atoms with Crippen LogP contribution in [0.3, 0.4) is 0 Å². The fourth-order valence-electron chi connectivity index (χ4n) is 4.22. The summed E-state index contributed by atoms with van der Waals surface area (Å²) in [6, 6.07) is 4.83. The van der Waals surface area contributed by atoms with Crippen molar-refractivity contribution in [2.24, 2.45) is 0 Å². The Balaban J connectivity index is 1.75. The lowest BCUT2D eigenvalue weighted by Crippen LogP contribution is -2.43. The molecule has 5 rings (SSSR count). The zero-order valence-electron chi connectivity index (χ0n) is 17.5. The second-order valence-corrected chi connectivity index (χ2v) is 8.72. The maximum absolute atomic E-state index is 14.7. The summed E-state index contributed by atoms with van der Waals surface area (Å²) in [6.45, 7) is 1.55. The van der Waals surface area contributed by atoms with Gasteiger partial charge in [0.15, 0.2) is 17.3 Å². The number of nitrogens with zero attached hydrogens (tertiary/aromatic N) is 5. The van der Waals surface area contributed by atoms with E-state index >= 15 is 0 Å². The first-order chi connectivity index (χ1) is 16.1. The molecular formula is C22H16ClF4N5O2. The molecule has 1 aliphatic rings. The van der Waals surface area contributed by atoms with Gasteiger partial charge in [-0.2, -0.15) is 18.3 Å². The molecule has 0 amide bonds. The molecule has 34 heavy (non-hydrogen) atoms. The van der Waals surface area contributed by atoms with E-state index in [9.17, 15) is 22.7 Å². The van der Waals surface area contributed by atoms with Crippen LogP contribution < -0.4 is 0 Å². The van der Waals surface area contributed by atoms with Gasteiger partial charge < -0.3 is 9.63 Å². The standard InChI is InChI=1S/C22H16ClF4N5O2/c1-21(33)8-11(9-21)32-19(22(25,26)27)12(10-30-32)18-16(20-28-6-3-7-29-20)17(31-34-18)15-13(23)4-2-5-14(15)24/h2-7,10-11,33H,8-9H2,1H3. The summed E-state index contributed by atoms with van der Waals surface area (Å²) in [5, 5.41) is 17.8. The van der Waals surface area contributed by atoms with Crippen molar-refractivity contribution in [3.05, 3.63) is 59.4 Å². The quantitative estimate of drug-likeness (QED) is 0.374. The molecule has 1 fully saturated rings. The Hall–Kier alpha value is -3.31. The highest BCUT2D eigenvalue weighted by molar-refractivity contribution is 6.33. The zero-order valence-corrected chi connectivity index (χ0v) is 18.3. The van der Waals surface area contributed by atoms with Gasteiger partial charge in [0.25, 0.3) is 0 Å². The Labute approximate surface area is 195 Å². The van der Waals surface area contributed by atoms with Crippen molar-refractivity contribution in [3.63, 3.8) is 0 Å². The minimum Gasteiger partial charge on any atom is -0.390 e. The van der Waals surface area contributed by atoms with Crippen molar-refractivity contribution in [1.82, 2.24) is 24.9 Å². The molecule has 0 unspecified atom stereocenters. The normalized spacial score (nSPS) is 20.4. The Morgan fingerprint density at radius 1 is 1.15 bits per heavy atom. The maximum atomic E-state index is 14.7. The van der Waals surface area contributed by atoms with E-state index in [1.54, 1.807) is 6.92 Å². The first-order valence-corrected chi connectivity index (χ1v) is 10.5. The van der Waals surface area contributed by atoms with Crippen LogP contribution in [0.15, 0.2) is 47.4 Å². The molecule has 1 N–H and O–H groups in total. The molecule has 176 valence electrons. The number of halogens is 5. The fourth-order valence-corrected chi connectivity index (χ4v) is 4.47. The van der Waals surface area contributed by atoms with Crippen LogP contribution >= 0.6 is 11.6 Å². The van der Waals surface area contributed by atoms with E-state index in [4.69, 9.17) is 16.1 Å². The Morgan fingerprint density at radius 3 is 2.47 bits per heavy atom. The third-order valence-electron chi connectivity index (χ3n) is 5.69. The number of aliphatic hydroxyl groups is 1. The molecular weight excluding hydrogens is 478 g/mol. The molecule has 0 atom stereocenters. The summed E-state index contributed by atoms with van der Waals surface area (Å²) in [4.78, 5) is 8.23. The molecule has 0 saturated heterocycles. The first-order valence-electron chi connectivity index (χ1n) is 10.2. The monoisotopic (exact) mass is 493 g/mol. The maximum Gasteiger partial charge on any atom is 0.433 e. The average molecular weight is 494 g/mol. The third kappa shape index (κ3) is 3.74. The molecule has 1 aromatic carbocycles. The van der Waals surface area contributed by atoms with E-state index in [-0.39, 0.29) is 46.3 Å². The van der Waals surface area contributed by atoms with Crippen LogP contribution in [0.4, 0.5) is 17.6 Å². The lowest BCUT2D eigenvalue weighted by Gasteiger charge is -2.41. The van der Waals surface area contributed by atoms with Crippen LogP contribution in [-0.4, -0.2) is 35.6 Å². The molecule has 12 heteroatoms. The predicted molar refractivity (Wildman–Crippen MR) is 113 cm³/mol. The van der Waals surface area contributed by atoms with E-state index in [1.165, 1.54) is 30.6 Å². The van der Waals surface area contributed by atoms with Gasteiger partial charge in [0.2, 0.25) is 0 Å². The van der Waals surface area contributed by atoms with Crippen molar-refractivity contribution in [2.75, 3.05) is 0 Å². The molecule has 0 aliphatic heterocycles. The van der Waals surface area contributed by atoms with E-state index in [0.717, 1.165) is 16.9 Å². The molecule has 7 nitrogen and oxygen atoms in total. The first kappa shape index (κ1) is 22.5. The molecule has 4 aromatic rings. The summed E-state index contributed by atoms with van der Waals surface area (Å²) in [5.41, 5.74) is -2.91. The van der Waals surface area contributed by atoms with E-state index in [1.807, 2.05) is 0 Å². The Kier molecular flexibility index (Phi) is 5.21. The largest absolute Gasteiger partial charge is 0.433 e. The van der Waals surface area contributed by atoms with Crippen molar-refractivity contribution in [3.8, 4) is 34.0 Å². The number of hydrogen-bond donors (Lipinski definition) is 1. The number of benzene rings is 1. The minimum atomic E-state index is -4.81. The lowest BCUT2D eigenvalue weighted by molar-refractivity contribution is -0.148. The molecule has 1 aliphatic carbocycles. The fraction of sp³-hybridized carbons (Fsp3) is 0.273. The molecule has 0 bridgehead atoms. The van der Waals surface area contributed by atoms with Crippen LogP contribution in [0.1, 0.15) is 31.5 Å². The van der Waals surface area contributed by atoms with Crippen LogP contribution in [0, 0.1) is 5.82 Å². The lowest BCUT2D eigenvalue weighted by atomic mass is 9.77. The van der Waals surface area contributed by atoms with Crippen molar-refractivity contribution >= 4 is 11.6 Å². The SMILES string of the molecule is CC1(O)CC(n2ncc(-c3onc(-c4c(F)cccc4Cl)c3-c3ncccn3)c2C(F)(F)F)C1. The smallest absolute Gasteiger partial charge is 0.390 e. The van der Waals surface area contributed by atoms with Gasteiger partial charge in [-0.1, -0.05) is 22.8 Å². The second-order valence-electron chi connectivity index (χ2n) is 8.31. The highest BCUT2D eigenvalue weighted by Crippen LogP contribution is 2.48. The van der Waals surface area contributed by atoms with Crippen LogP contribution in [0.2, 0.25) is 5.02 Å². The summed E-state index contributed by atoms with van der Waals surface area (Å²) in [5.74, 6) is -1.10. The van der Waals surface area contributed by atoms with Gasteiger partial charge in [0.1, 0.15) is 11.5 Å². The van der Waals surface area contributed by atoms with E-state index in [0.29, 0.717) is 0 Å². The highest BCUT2D eigenvalue weighted by atomic mass is 35.5. The van der Waals surface area contributed by atoms with Crippen LogP contribution in [0.25, 0.3) is 34.0 Å². The molecule has 1 saturated carbocycles. The molecule has 3 aromatic heterocycles. The predicted octanol–water partition coefficient (Wildman–Crippen LogP) is 5.56. The van der Waals surface area contributed by atoms with Gasteiger partial charge in [0, 0.05) is 12.4 Å². The van der Waals surface area contributed by atoms with Crippen molar-refractivity contribution < 1.29 is 27.2 Å². The van der Waals surface area contributed by atoms with Gasteiger partial charge in [0.05, 0.1) is 39.6 Å². The second kappa shape index (κ2) is 7.88. The van der Waals surface area contributed by atoms with Gasteiger partial charge in [-0.3, -0.25) is 4.68 Å². The van der Waals surface area contributed by atoms with Gasteiger partial charge in [-0.25, -0.2) is 14.4 Å². The summed E-state index contributed by atoms with van der Waals surface area (Å²) in [7, 11) is 0.